The summed E-state index contributed by atoms with van der Waals surface area (Å²) in [6.07, 6.45) is 7.54. The number of hydrogen-bond acceptors (Lipinski definition) is 4. The van der Waals surface area contributed by atoms with Crippen LogP contribution in [0.1, 0.15) is 62.0 Å². The van der Waals surface area contributed by atoms with E-state index in [1.165, 1.54) is 31.4 Å². The van der Waals surface area contributed by atoms with E-state index in [0.29, 0.717) is 12.0 Å². The molecule has 1 saturated carbocycles. The van der Waals surface area contributed by atoms with Gasteiger partial charge in [0.15, 0.2) is 5.82 Å². The van der Waals surface area contributed by atoms with Crippen LogP contribution in [0.15, 0.2) is 6.07 Å². The topological polar surface area (TPSA) is 51.8 Å². The van der Waals surface area contributed by atoms with Crippen LogP contribution in [0.3, 0.4) is 0 Å². The number of rotatable bonds is 3. The lowest BCUT2D eigenvalue weighted by Crippen LogP contribution is -2.32. The third-order valence-electron chi connectivity index (χ3n) is 5.69. The highest BCUT2D eigenvalue weighted by Crippen LogP contribution is 2.35. The zero-order chi connectivity index (χ0) is 16.7. The molecule has 6 nitrogen and oxygen atoms in total. The van der Waals surface area contributed by atoms with Crippen LogP contribution < -0.4 is 0 Å². The van der Waals surface area contributed by atoms with Gasteiger partial charge in [0.1, 0.15) is 11.5 Å². The van der Waals surface area contributed by atoms with Crippen molar-refractivity contribution in [3.8, 4) is 11.5 Å². The first-order valence-electron chi connectivity index (χ1n) is 9.28. The number of likely N-dealkylation sites (tertiary alicyclic amines) is 1. The molecule has 130 valence electrons. The third-order valence-corrected chi connectivity index (χ3v) is 5.69. The van der Waals surface area contributed by atoms with E-state index in [0.717, 1.165) is 43.3 Å². The van der Waals surface area contributed by atoms with Crippen LogP contribution in [0.5, 0.6) is 0 Å². The second-order valence-electron chi connectivity index (χ2n) is 7.52. The Hall–Kier alpha value is -1.69. The molecular formula is C18H28N6. The van der Waals surface area contributed by atoms with E-state index >= 15 is 0 Å². The average Bonchev–Trinajstić information content (AvgIpc) is 3.27. The molecular weight excluding hydrogens is 300 g/mol. The van der Waals surface area contributed by atoms with E-state index in [2.05, 4.69) is 34.4 Å². The Morgan fingerprint density at radius 1 is 1.00 bits per heavy atom. The summed E-state index contributed by atoms with van der Waals surface area (Å²) < 4.78 is 4.21. The quantitative estimate of drug-likeness (QED) is 0.869. The van der Waals surface area contributed by atoms with Gasteiger partial charge in [-0.15, -0.1) is 0 Å². The van der Waals surface area contributed by atoms with Gasteiger partial charge in [-0.05, 0) is 58.8 Å². The first-order chi connectivity index (χ1) is 11.6. The zero-order valence-corrected chi connectivity index (χ0v) is 15.1. The van der Waals surface area contributed by atoms with Gasteiger partial charge in [0.25, 0.3) is 0 Å². The van der Waals surface area contributed by atoms with Gasteiger partial charge in [-0.3, -0.25) is 4.68 Å². The summed E-state index contributed by atoms with van der Waals surface area (Å²) in [4.78, 5) is 7.11. The van der Waals surface area contributed by atoms with E-state index in [9.17, 15) is 0 Å². The number of aryl methyl sites for hydroxylation is 2. The lowest BCUT2D eigenvalue weighted by atomic mass is 10.0. The molecule has 1 aliphatic heterocycles. The summed E-state index contributed by atoms with van der Waals surface area (Å²) in [5.74, 6) is 2.45. The van der Waals surface area contributed by atoms with Crippen molar-refractivity contribution in [3.05, 3.63) is 17.6 Å². The van der Waals surface area contributed by atoms with Crippen molar-refractivity contribution >= 4 is 0 Å². The van der Waals surface area contributed by atoms with Crippen molar-refractivity contribution in [2.45, 2.75) is 57.4 Å². The molecule has 0 bridgehead atoms. The van der Waals surface area contributed by atoms with Gasteiger partial charge in [-0.2, -0.15) is 10.2 Å². The van der Waals surface area contributed by atoms with Crippen LogP contribution in [0, 0.1) is 6.92 Å². The molecule has 0 amide bonds. The Morgan fingerprint density at radius 2 is 1.71 bits per heavy atom. The first kappa shape index (κ1) is 15.8. The SMILES string of the molecule is Cc1nc(-c2cc(C3CCCC3)n(C)n2)n(C2CCN(C)CC2)n1. The molecule has 0 spiro atoms. The molecule has 3 heterocycles. The third kappa shape index (κ3) is 2.88. The fourth-order valence-corrected chi connectivity index (χ4v) is 4.29. The van der Waals surface area contributed by atoms with E-state index in [1.807, 2.05) is 6.92 Å². The van der Waals surface area contributed by atoms with Crippen LogP contribution in [0.25, 0.3) is 11.5 Å². The largest absolute Gasteiger partial charge is 0.306 e. The minimum absolute atomic E-state index is 0.439. The fraction of sp³-hybridized carbons (Fsp3) is 0.722. The number of aromatic nitrogens is 5. The van der Waals surface area contributed by atoms with E-state index in [-0.39, 0.29) is 0 Å². The second-order valence-corrected chi connectivity index (χ2v) is 7.52. The maximum absolute atomic E-state index is 4.79. The first-order valence-corrected chi connectivity index (χ1v) is 9.28. The van der Waals surface area contributed by atoms with Gasteiger partial charge in [-0.1, -0.05) is 12.8 Å². The molecule has 0 N–H and O–H groups in total. The van der Waals surface area contributed by atoms with Crippen molar-refractivity contribution in [2.75, 3.05) is 20.1 Å². The predicted octanol–water partition coefficient (Wildman–Crippen LogP) is 2.91. The van der Waals surface area contributed by atoms with E-state index < -0.39 is 0 Å². The molecule has 0 unspecified atom stereocenters. The molecule has 1 saturated heterocycles. The van der Waals surface area contributed by atoms with Crippen molar-refractivity contribution in [1.29, 1.82) is 0 Å². The Labute approximate surface area is 143 Å². The van der Waals surface area contributed by atoms with Crippen LogP contribution >= 0.6 is 0 Å². The Balaban J connectivity index is 1.66. The minimum Gasteiger partial charge on any atom is -0.306 e. The summed E-state index contributed by atoms with van der Waals surface area (Å²) in [6.45, 7) is 4.23. The summed E-state index contributed by atoms with van der Waals surface area (Å²) in [7, 11) is 4.26. The number of nitrogens with zero attached hydrogens (tertiary/aromatic N) is 6. The van der Waals surface area contributed by atoms with Crippen molar-refractivity contribution < 1.29 is 0 Å². The molecule has 2 fully saturated rings. The molecule has 2 aromatic heterocycles. The Morgan fingerprint density at radius 3 is 2.42 bits per heavy atom. The monoisotopic (exact) mass is 328 g/mol. The second kappa shape index (κ2) is 6.31. The molecule has 2 aliphatic rings. The molecule has 1 aliphatic carbocycles. The smallest absolute Gasteiger partial charge is 0.179 e. The molecule has 2 aromatic rings. The van der Waals surface area contributed by atoms with Gasteiger partial charge >= 0.3 is 0 Å². The van der Waals surface area contributed by atoms with Gasteiger partial charge in [-0.25, -0.2) is 9.67 Å². The molecule has 0 radical (unpaired) electrons. The van der Waals surface area contributed by atoms with Crippen molar-refractivity contribution in [3.63, 3.8) is 0 Å². The molecule has 0 atom stereocenters. The van der Waals surface area contributed by atoms with Gasteiger partial charge in [0.2, 0.25) is 0 Å². The molecule has 24 heavy (non-hydrogen) atoms. The van der Waals surface area contributed by atoms with Gasteiger partial charge in [0.05, 0.1) is 6.04 Å². The maximum atomic E-state index is 4.79. The minimum atomic E-state index is 0.439. The van der Waals surface area contributed by atoms with Crippen molar-refractivity contribution in [2.24, 2.45) is 7.05 Å². The lowest BCUT2D eigenvalue weighted by molar-refractivity contribution is 0.213. The highest BCUT2D eigenvalue weighted by atomic mass is 15.4. The van der Waals surface area contributed by atoms with Crippen LogP contribution in [0.4, 0.5) is 0 Å². The highest BCUT2D eigenvalue weighted by molar-refractivity contribution is 5.50. The van der Waals surface area contributed by atoms with Gasteiger partial charge in [0, 0.05) is 18.7 Å². The number of piperidine rings is 1. The van der Waals surface area contributed by atoms with E-state index in [1.54, 1.807) is 0 Å². The van der Waals surface area contributed by atoms with E-state index in [4.69, 9.17) is 15.2 Å². The highest BCUT2D eigenvalue weighted by Gasteiger charge is 2.26. The van der Waals surface area contributed by atoms with Gasteiger partial charge < -0.3 is 4.90 Å². The van der Waals surface area contributed by atoms with Crippen molar-refractivity contribution in [1.82, 2.24) is 29.4 Å². The number of hydrogen-bond donors (Lipinski definition) is 0. The lowest BCUT2D eigenvalue weighted by Gasteiger charge is -2.29. The molecule has 4 rings (SSSR count). The normalized spacial score (nSPS) is 21.0. The fourth-order valence-electron chi connectivity index (χ4n) is 4.29. The molecule has 0 aromatic carbocycles. The Kier molecular flexibility index (Phi) is 4.16. The predicted molar refractivity (Wildman–Crippen MR) is 93.9 cm³/mol. The summed E-state index contributed by atoms with van der Waals surface area (Å²) in [5, 5.41) is 9.50. The molecule has 6 heteroatoms. The average molecular weight is 328 g/mol. The standard InChI is InChI=1S/C18H28N6/c1-13-19-18(24(20-13)15-8-10-22(2)11-9-15)16-12-17(23(3)21-16)14-6-4-5-7-14/h12,14-15H,4-11H2,1-3H3. The van der Waals surface area contributed by atoms with Crippen LogP contribution in [-0.4, -0.2) is 49.6 Å². The zero-order valence-electron chi connectivity index (χ0n) is 15.1. The summed E-state index contributed by atoms with van der Waals surface area (Å²) in [6, 6.07) is 2.69. The maximum Gasteiger partial charge on any atom is 0.179 e. The summed E-state index contributed by atoms with van der Waals surface area (Å²) >= 11 is 0. The summed E-state index contributed by atoms with van der Waals surface area (Å²) in [5.41, 5.74) is 2.34. The van der Waals surface area contributed by atoms with Crippen LogP contribution in [0.2, 0.25) is 0 Å². The Bertz CT molecular complexity index is 701. The van der Waals surface area contributed by atoms with Crippen LogP contribution in [-0.2, 0) is 7.05 Å².